The number of amides is 1. The van der Waals surface area contributed by atoms with Gasteiger partial charge in [0.2, 0.25) is 0 Å². The van der Waals surface area contributed by atoms with Gasteiger partial charge in [-0.1, -0.05) is 17.7 Å². The van der Waals surface area contributed by atoms with E-state index in [2.05, 4.69) is 20.3 Å². The lowest BCUT2D eigenvalue weighted by atomic mass is 10.1. The number of rotatable bonds is 5. The number of aryl methyl sites for hydroxylation is 1. The van der Waals surface area contributed by atoms with Gasteiger partial charge in [0, 0.05) is 6.08 Å². The SMILES string of the molecule is COC(=O)/C=C1/S/C(=N\N=Cc2ccc(OC(=O)c3ccc(C)cc3)cc2)NC1=O. The minimum atomic E-state index is -0.624. The molecule has 1 fully saturated rings. The highest BCUT2D eigenvalue weighted by Crippen LogP contribution is 2.23. The van der Waals surface area contributed by atoms with Crippen LogP contribution in [0, 0.1) is 6.92 Å². The van der Waals surface area contributed by atoms with Gasteiger partial charge in [0.05, 0.1) is 23.8 Å². The van der Waals surface area contributed by atoms with Gasteiger partial charge < -0.3 is 9.47 Å². The van der Waals surface area contributed by atoms with E-state index in [9.17, 15) is 14.4 Å². The fourth-order valence-electron chi connectivity index (χ4n) is 2.27. The highest BCUT2D eigenvalue weighted by Gasteiger charge is 2.24. The zero-order chi connectivity index (χ0) is 21.5. The molecule has 2 aromatic carbocycles. The minimum absolute atomic E-state index is 0.176. The van der Waals surface area contributed by atoms with Crippen LogP contribution >= 0.6 is 11.8 Å². The summed E-state index contributed by atoms with van der Waals surface area (Å²) in [6.07, 6.45) is 2.57. The number of hydrogen-bond acceptors (Lipinski definition) is 8. The third-order valence-corrected chi connectivity index (χ3v) is 4.73. The van der Waals surface area contributed by atoms with Crippen molar-refractivity contribution in [3.8, 4) is 5.75 Å². The Morgan fingerprint density at radius 1 is 1.07 bits per heavy atom. The first-order valence-electron chi connectivity index (χ1n) is 8.73. The van der Waals surface area contributed by atoms with Gasteiger partial charge in [-0.05, 0) is 60.6 Å². The molecule has 0 bridgehead atoms. The zero-order valence-electron chi connectivity index (χ0n) is 16.1. The predicted molar refractivity (Wildman–Crippen MR) is 113 cm³/mol. The van der Waals surface area contributed by atoms with E-state index in [4.69, 9.17) is 4.74 Å². The molecule has 30 heavy (non-hydrogen) atoms. The van der Waals surface area contributed by atoms with Crippen LogP contribution in [0.2, 0.25) is 0 Å². The molecule has 0 unspecified atom stereocenters. The molecule has 1 saturated heterocycles. The molecular weight excluding hydrogens is 406 g/mol. The van der Waals surface area contributed by atoms with Gasteiger partial charge in [0.15, 0.2) is 5.17 Å². The van der Waals surface area contributed by atoms with Gasteiger partial charge in [0.1, 0.15) is 5.75 Å². The molecular formula is C21H17N3O5S. The van der Waals surface area contributed by atoms with Crippen molar-refractivity contribution >= 4 is 41.0 Å². The average Bonchev–Trinajstić information content (AvgIpc) is 3.08. The number of hydrogen-bond donors (Lipinski definition) is 1. The Bertz CT molecular complexity index is 1060. The second kappa shape index (κ2) is 9.66. The van der Waals surface area contributed by atoms with Gasteiger partial charge in [-0.2, -0.15) is 5.10 Å². The summed E-state index contributed by atoms with van der Waals surface area (Å²) in [5, 5.41) is 10.6. The van der Waals surface area contributed by atoms with Crippen LogP contribution < -0.4 is 10.1 Å². The van der Waals surface area contributed by atoms with Crippen LogP contribution in [0.5, 0.6) is 5.75 Å². The van der Waals surface area contributed by atoms with Crippen LogP contribution in [0.15, 0.2) is 69.7 Å². The number of benzene rings is 2. The van der Waals surface area contributed by atoms with E-state index in [0.717, 1.165) is 23.4 Å². The fraction of sp³-hybridized carbons (Fsp3) is 0.0952. The lowest BCUT2D eigenvalue weighted by molar-refractivity contribution is -0.135. The number of esters is 2. The molecule has 2 aromatic rings. The lowest BCUT2D eigenvalue weighted by Crippen LogP contribution is -2.19. The summed E-state index contributed by atoms with van der Waals surface area (Å²) < 4.78 is 9.83. The van der Waals surface area contributed by atoms with E-state index >= 15 is 0 Å². The van der Waals surface area contributed by atoms with Crippen LogP contribution in [0.4, 0.5) is 0 Å². The van der Waals surface area contributed by atoms with Crippen LogP contribution in [-0.4, -0.2) is 36.3 Å². The summed E-state index contributed by atoms with van der Waals surface area (Å²) in [5.74, 6) is -1.10. The maximum absolute atomic E-state index is 12.1. The average molecular weight is 423 g/mol. The molecule has 3 rings (SSSR count). The number of amidine groups is 1. The van der Waals surface area contributed by atoms with Crippen molar-refractivity contribution in [1.29, 1.82) is 0 Å². The monoisotopic (exact) mass is 423 g/mol. The Labute approximate surface area is 176 Å². The van der Waals surface area contributed by atoms with Crippen molar-refractivity contribution in [3.05, 3.63) is 76.2 Å². The Balaban J connectivity index is 1.58. The van der Waals surface area contributed by atoms with E-state index in [1.54, 1.807) is 36.4 Å². The van der Waals surface area contributed by atoms with E-state index in [1.165, 1.54) is 13.3 Å². The number of nitrogens with one attached hydrogen (secondary N) is 1. The Kier molecular flexibility index (Phi) is 6.76. The van der Waals surface area contributed by atoms with Gasteiger partial charge in [0.25, 0.3) is 5.91 Å². The molecule has 0 saturated carbocycles. The van der Waals surface area contributed by atoms with Crippen molar-refractivity contribution in [2.24, 2.45) is 10.2 Å². The van der Waals surface area contributed by atoms with Crippen LogP contribution in [-0.2, 0) is 14.3 Å². The molecule has 1 amide bonds. The summed E-state index contributed by atoms with van der Waals surface area (Å²) >= 11 is 0.984. The second-order valence-corrected chi connectivity index (χ2v) is 7.09. The summed E-state index contributed by atoms with van der Waals surface area (Å²) in [5.41, 5.74) is 2.25. The number of carbonyl (C=O) groups is 3. The quantitative estimate of drug-likeness (QED) is 0.261. The number of carbonyl (C=O) groups excluding carboxylic acids is 3. The first kappa shape index (κ1) is 21.0. The standard InChI is InChI=1S/C21H17N3O5S/c1-13-3-7-15(8-4-13)20(27)29-16-9-5-14(6-10-16)12-22-24-21-23-19(26)17(30-21)11-18(25)28-2/h3-12H,1-2H3,(H,23,24,26)/b17-11+,22-12?. The molecule has 0 radical (unpaired) electrons. The molecule has 0 spiro atoms. The zero-order valence-corrected chi connectivity index (χ0v) is 16.9. The molecule has 0 atom stereocenters. The van der Waals surface area contributed by atoms with Gasteiger partial charge in [-0.3, -0.25) is 10.1 Å². The molecule has 9 heteroatoms. The number of thioether (sulfide) groups is 1. The summed E-state index contributed by atoms with van der Waals surface area (Å²) in [6.45, 7) is 1.94. The van der Waals surface area contributed by atoms with Crippen molar-refractivity contribution in [2.45, 2.75) is 6.92 Å². The first-order chi connectivity index (χ1) is 14.4. The highest BCUT2D eigenvalue weighted by molar-refractivity contribution is 8.18. The number of methoxy groups -OCH3 is 1. The van der Waals surface area contributed by atoms with Crippen LogP contribution in [0.3, 0.4) is 0 Å². The van der Waals surface area contributed by atoms with E-state index in [0.29, 0.717) is 16.9 Å². The van der Waals surface area contributed by atoms with Crippen molar-refractivity contribution in [3.63, 3.8) is 0 Å². The Morgan fingerprint density at radius 2 is 1.77 bits per heavy atom. The normalized spacial score (nSPS) is 16.1. The van der Waals surface area contributed by atoms with Crippen LogP contribution in [0.25, 0.3) is 0 Å². The highest BCUT2D eigenvalue weighted by atomic mass is 32.2. The maximum Gasteiger partial charge on any atom is 0.343 e. The molecule has 152 valence electrons. The van der Waals surface area contributed by atoms with Gasteiger partial charge >= 0.3 is 11.9 Å². The minimum Gasteiger partial charge on any atom is -0.466 e. The maximum atomic E-state index is 12.1. The fourth-order valence-corrected chi connectivity index (χ4v) is 3.01. The van der Waals surface area contributed by atoms with Crippen molar-refractivity contribution in [1.82, 2.24) is 5.32 Å². The molecule has 0 aromatic heterocycles. The third-order valence-electron chi connectivity index (χ3n) is 3.83. The third kappa shape index (κ3) is 5.65. The summed E-state index contributed by atoms with van der Waals surface area (Å²) in [6, 6.07) is 13.8. The van der Waals surface area contributed by atoms with Crippen LogP contribution in [0.1, 0.15) is 21.5 Å². The van der Waals surface area contributed by atoms with Crippen molar-refractivity contribution < 1.29 is 23.9 Å². The summed E-state index contributed by atoms with van der Waals surface area (Å²) in [4.78, 5) is 35.3. The molecule has 1 heterocycles. The topological polar surface area (TPSA) is 106 Å². The first-order valence-corrected chi connectivity index (χ1v) is 9.55. The Hall–Kier alpha value is -3.72. The van der Waals surface area contributed by atoms with Gasteiger partial charge in [-0.25, -0.2) is 9.59 Å². The lowest BCUT2D eigenvalue weighted by Gasteiger charge is -2.04. The molecule has 1 N–H and O–H groups in total. The smallest absolute Gasteiger partial charge is 0.343 e. The predicted octanol–water partition coefficient (Wildman–Crippen LogP) is 2.82. The van der Waals surface area contributed by atoms with E-state index in [-0.39, 0.29) is 10.1 Å². The number of nitrogens with zero attached hydrogens (tertiary/aromatic N) is 2. The van der Waals surface area contributed by atoms with E-state index in [1.807, 2.05) is 19.1 Å². The molecule has 1 aliphatic rings. The molecule has 1 aliphatic heterocycles. The largest absolute Gasteiger partial charge is 0.466 e. The molecule has 0 aliphatic carbocycles. The van der Waals surface area contributed by atoms with Crippen molar-refractivity contribution in [2.75, 3.05) is 7.11 Å². The Morgan fingerprint density at radius 3 is 2.43 bits per heavy atom. The summed E-state index contributed by atoms with van der Waals surface area (Å²) in [7, 11) is 1.23. The van der Waals surface area contributed by atoms with Gasteiger partial charge in [-0.15, -0.1) is 5.10 Å². The number of ether oxygens (including phenoxy) is 2. The second-order valence-electron chi connectivity index (χ2n) is 6.06. The molecule has 8 nitrogen and oxygen atoms in total. The van der Waals surface area contributed by atoms with E-state index < -0.39 is 17.8 Å².